The van der Waals surface area contributed by atoms with Crippen LogP contribution in [0, 0.1) is 37.8 Å². The number of nitrogens with zero attached hydrogens (tertiary/aromatic N) is 5. The number of hydrogen-bond acceptors (Lipinski definition) is 6. The highest BCUT2D eigenvalue weighted by Crippen LogP contribution is 2.26. The minimum Gasteiger partial charge on any atom is -0.352 e. The molecule has 2 aromatic carbocycles. The van der Waals surface area contributed by atoms with Crippen molar-refractivity contribution >= 4 is 17.4 Å². The third-order valence-electron chi connectivity index (χ3n) is 6.31. The number of carbonyl (C=O) groups excluding carboxylic acids is 1. The predicted molar refractivity (Wildman–Crippen MR) is 128 cm³/mol. The van der Waals surface area contributed by atoms with E-state index in [4.69, 9.17) is 0 Å². The Labute approximate surface area is 193 Å². The SMILES string of the molecule is Cc1cc(C)c(-c2ccc(N3CCN(C(=O)c4ccc(C)c([N+](=O)[O-])c4)CC3)nn2)cc1C. The van der Waals surface area contributed by atoms with Gasteiger partial charge in [0.05, 0.1) is 10.6 Å². The fourth-order valence-electron chi connectivity index (χ4n) is 4.13. The monoisotopic (exact) mass is 445 g/mol. The van der Waals surface area contributed by atoms with Gasteiger partial charge in [-0.3, -0.25) is 14.9 Å². The van der Waals surface area contributed by atoms with Crippen molar-refractivity contribution in [3.63, 3.8) is 0 Å². The lowest BCUT2D eigenvalue weighted by Crippen LogP contribution is -2.49. The molecule has 1 saturated heterocycles. The quantitative estimate of drug-likeness (QED) is 0.440. The van der Waals surface area contributed by atoms with Crippen LogP contribution in [-0.2, 0) is 0 Å². The summed E-state index contributed by atoms with van der Waals surface area (Å²) < 4.78 is 0. The molecule has 0 unspecified atom stereocenters. The van der Waals surface area contributed by atoms with Crippen molar-refractivity contribution in [2.75, 3.05) is 31.1 Å². The number of hydrogen-bond donors (Lipinski definition) is 0. The van der Waals surface area contributed by atoms with Crippen LogP contribution in [0.3, 0.4) is 0 Å². The highest BCUT2D eigenvalue weighted by molar-refractivity contribution is 5.95. The molecule has 0 bridgehead atoms. The third-order valence-corrected chi connectivity index (χ3v) is 6.31. The second kappa shape index (κ2) is 8.97. The van der Waals surface area contributed by atoms with Gasteiger partial charge in [-0.2, -0.15) is 0 Å². The summed E-state index contributed by atoms with van der Waals surface area (Å²) in [4.78, 5) is 27.4. The van der Waals surface area contributed by atoms with Gasteiger partial charge in [-0.25, -0.2) is 0 Å². The van der Waals surface area contributed by atoms with E-state index in [9.17, 15) is 14.9 Å². The van der Waals surface area contributed by atoms with E-state index in [-0.39, 0.29) is 11.6 Å². The van der Waals surface area contributed by atoms with Gasteiger partial charge >= 0.3 is 0 Å². The second-order valence-electron chi connectivity index (χ2n) is 8.57. The molecule has 33 heavy (non-hydrogen) atoms. The molecule has 0 radical (unpaired) electrons. The molecule has 4 rings (SSSR count). The maximum Gasteiger partial charge on any atom is 0.273 e. The van der Waals surface area contributed by atoms with Crippen molar-refractivity contribution in [2.24, 2.45) is 0 Å². The lowest BCUT2D eigenvalue weighted by atomic mass is 9.99. The molecule has 1 aromatic heterocycles. The molecule has 3 aromatic rings. The van der Waals surface area contributed by atoms with Crippen LogP contribution in [0.2, 0.25) is 0 Å². The number of aromatic nitrogens is 2. The minimum absolute atomic E-state index is 0.0335. The zero-order valence-electron chi connectivity index (χ0n) is 19.3. The van der Waals surface area contributed by atoms with Crippen LogP contribution >= 0.6 is 0 Å². The molecular formula is C25H27N5O3. The van der Waals surface area contributed by atoms with Crippen LogP contribution in [0.4, 0.5) is 11.5 Å². The molecule has 0 atom stereocenters. The summed E-state index contributed by atoms with van der Waals surface area (Å²) in [6, 6.07) is 12.9. The summed E-state index contributed by atoms with van der Waals surface area (Å²) in [6.07, 6.45) is 0. The van der Waals surface area contributed by atoms with Crippen LogP contribution in [-0.4, -0.2) is 52.1 Å². The molecule has 0 N–H and O–H groups in total. The van der Waals surface area contributed by atoms with E-state index in [1.54, 1.807) is 24.0 Å². The number of carbonyl (C=O) groups is 1. The molecule has 8 heteroatoms. The first kappa shape index (κ1) is 22.4. The largest absolute Gasteiger partial charge is 0.352 e. The van der Waals surface area contributed by atoms with E-state index < -0.39 is 4.92 Å². The molecule has 1 amide bonds. The number of anilines is 1. The summed E-state index contributed by atoms with van der Waals surface area (Å²) >= 11 is 0. The molecule has 0 saturated carbocycles. The number of rotatable bonds is 4. The van der Waals surface area contributed by atoms with Crippen LogP contribution in [0.5, 0.6) is 0 Å². The van der Waals surface area contributed by atoms with Crippen LogP contribution in [0.15, 0.2) is 42.5 Å². The van der Waals surface area contributed by atoms with Gasteiger partial charge in [-0.15, -0.1) is 10.2 Å². The topological polar surface area (TPSA) is 92.5 Å². The van der Waals surface area contributed by atoms with Crippen LogP contribution in [0.1, 0.15) is 32.6 Å². The van der Waals surface area contributed by atoms with Crippen LogP contribution < -0.4 is 4.90 Å². The number of aryl methyl sites for hydroxylation is 4. The molecule has 8 nitrogen and oxygen atoms in total. The molecule has 1 aliphatic rings. The first-order chi connectivity index (χ1) is 15.7. The molecule has 2 heterocycles. The fraction of sp³-hybridized carbons (Fsp3) is 0.320. The van der Waals surface area contributed by atoms with Gasteiger partial charge in [0, 0.05) is 48.9 Å². The Hall–Kier alpha value is -3.81. The first-order valence-corrected chi connectivity index (χ1v) is 11.0. The van der Waals surface area contributed by atoms with Gasteiger partial charge in [0.2, 0.25) is 0 Å². The van der Waals surface area contributed by atoms with E-state index in [0.29, 0.717) is 37.3 Å². The highest BCUT2D eigenvalue weighted by atomic mass is 16.6. The maximum absolute atomic E-state index is 12.9. The van der Waals surface area contributed by atoms with E-state index in [1.807, 2.05) is 12.1 Å². The van der Waals surface area contributed by atoms with Gasteiger partial charge in [0.1, 0.15) is 0 Å². The second-order valence-corrected chi connectivity index (χ2v) is 8.57. The predicted octanol–water partition coefficient (Wildman–Crippen LogP) is 4.25. The van der Waals surface area contributed by atoms with Crippen molar-refractivity contribution < 1.29 is 9.72 Å². The van der Waals surface area contributed by atoms with Gasteiger partial charge < -0.3 is 9.80 Å². The van der Waals surface area contributed by atoms with Gasteiger partial charge in [0.15, 0.2) is 5.82 Å². The third kappa shape index (κ3) is 4.55. The molecule has 170 valence electrons. The summed E-state index contributed by atoms with van der Waals surface area (Å²) in [5.41, 5.74) is 6.43. The number of nitro groups is 1. The Kier molecular flexibility index (Phi) is 6.09. The Morgan fingerprint density at radius 1 is 0.848 bits per heavy atom. The summed E-state index contributed by atoms with van der Waals surface area (Å²) in [6.45, 7) is 10.2. The van der Waals surface area contributed by atoms with Gasteiger partial charge in [-0.05, 0) is 68.7 Å². The zero-order valence-corrected chi connectivity index (χ0v) is 19.3. The Bertz CT molecular complexity index is 1220. The normalized spacial score (nSPS) is 13.8. The number of amides is 1. The number of nitro benzene ring substituents is 1. The summed E-state index contributed by atoms with van der Waals surface area (Å²) in [5, 5.41) is 20.1. The van der Waals surface area contributed by atoms with E-state index >= 15 is 0 Å². The molecule has 0 spiro atoms. The Balaban J connectivity index is 1.43. The van der Waals surface area contributed by atoms with E-state index in [1.165, 1.54) is 22.8 Å². The lowest BCUT2D eigenvalue weighted by molar-refractivity contribution is -0.385. The smallest absolute Gasteiger partial charge is 0.273 e. The zero-order chi connectivity index (χ0) is 23.7. The average Bonchev–Trinajstić information content (AvgIpc) is 2.81. The molecule has 1 aliphatic heterocycles. The van der Waals surface area contributed by atoms with Crippen LogP contribution in [0.25, 0.3) is 11.3 Å². The molecular weight excluding hydrogens is 418 g/mol. The maximum atomic E-state index is 12.9. The number of piperazine rings is 1. The van der Waals surface area contributed by atoms with Crippen molar-refractivity contribution in [2.45, 2.75) is 27.7 Å². The Morgan fingerprint density at radius 3 is 2.18 bits per heavy atom. The fourth-order valence-corrected chi connectivity index (χ4v) is 4.13. The Morgan fingerprint density at radius 2 is 1.55 bits per heavy atom. The summed E-state index contributed by atoms with van der Waals surface area (Å²) in [5.74, 6) is 0.586. The lowest BCUT2D eigenvalue weighted by Gasteiger charge is -2.35. The molecule has 0 aliphatic carbocycles. The van der Waals surface area contributed by atoms with Crippen molar-refractivity contribution in [3.8, 4) is 11.3 Å². The van der Waals surface area contributed by atoms with E-state index in [0.717, 1.165) is 17.1 Å². The average molecular weight is 446 g/mol. The highest BCUT2D eigenvalue weighted by Gasteiger charge is 2.25. The van der Waals surface area contributed by atoms with Crippen molar-refractivity contribution in [3.05, 3.63) is 80.4 Å². The van der Waals surface area contributed by atoms with Crippen molar-refractivity contribution in [1.29, 1.82) is 0 Å². The standard InChI is InChI=1S/C25H27N5O3/c1-16-5-6-20(15-23(16)30(32)33)25(31)29-11-9-28(10-12-29)24-8-7-22(26-27-24)21-14-18(3)17(2)13-19(21)4/h5-8,13-15H,9-12H2,1-4H3. The van der Waals surface area contributed by atoms with Gasteiger partial charge in [-0.1, -0.05) is 12.1 Å². The van der Waals surface area contributed by atoms with Gasteiger partial charge in [0.25, 0.3) is 11.6 Å². The van der Waals surface area contributed by atoms with E-state index in [2.05, 4.69) is 48.0 Å². The van der Waals surface area contributed by atoms with Crippen molar-refractivity contribution in [1.82, 2.24) is 15.1 Å². The number of benzene rings is 2. The minimum atomic E-state index is -0.453. The summed E-state index contributed by atoms with van der Waals surface area (Å²) in [7, 11) is 0. The molecule has 1 fully saturated rings. The first-order valence-electron chi connectivity index (χ1n) is 11.0.